The zero-order chi connectivity index (χ0) is 32.3. The van der Waals surface area contributed by atoms with Crippen molar-refractivity contribution in [2.75, 3.05) is 10.6 Å². The first-order valence-corrected chi connectivity index (χ1v) is 14.5. The molecule has 7 aromatic rings. The topological polar surface area (TPSA) is 133 Å². The number of carbonyl (C=O) groups is 4. The molecule has 0 radical (unpaired) electrons. The van der Waals surface area contributed by atoms with Gasteiger partial charge in [0.15, 0.2) is 0 Å². The lowest BCUT2D eigenvalue weighted by Crippen LogP contribution is -2.15. The first kappa shape index (κ1) is 28.5. The van der Waals surface area contributed by atoms with Crippen molar-refractivity contribution in [3.05, 3.63) is 130 Å². The molecule has 8 heteroatoms. The lowest BCUT2D eigenvalue weighted by atomic mass is 9.84. The summed E-state index contributed by atoms with van der Waals surface area (Å²) in [6, 6.07) is 27.5. The molecule has 4 N–H and O–H groups in total. The van der Waals surface area contributed by atoms with Crippen LogP contribution in [0.4, 0.5) is 11.4 Å². The molecule has 46 heavy (non-hydrogen) atoms. The van der Waals surface area contributed by atoms with Crippen LogP contribution in [0.25, 0.3) is 43.1 Å². The number of carboxylic acid groups (broad SMARTS) is 2. The van der Waals surface area contributed by atoms with Gasteiger partial charge in [0.25, 0.3) is 11.8 Å². The van der Waals surface area contributed by atoms with E-state index in [1.54, 1.807) is 60.7 Å². The van der Waals surface area contributed by atoms with Gasteiger partial charge >= 0.3 is 11.9 Å². The monoisotopic (exact) mass is 606 g/mol. The average molecular weight is 607 g/mol. The second-order valence-corrected chi connectivity index (χ2v) is 11.4. The summed E-state index contributed by atoms with van der Waals surface area (Å²) >= 11 is 0. The Balaban J connectivity index is 1.51. The maximum atomic E-state index is 13.6. The Hall–Kier alpha value is -6.28. The van der Waals surface area contributed by atoms with E-state index in [-0.39, 0.29) is 33.0 Å². The van der Waals surface area contributed by atoms with Gasteiger partial charge in [0.05, 0.1) is 11.1 Å². The second kappa shape index (κ2) is 10.7. The van der Waals surface area contributed by atoms with Crippen LogP contribution in [-0.4, -0.2) is 34.0 Å². The number of hydrogen-bond acceptors (Lipinski definition) is 4. The number of nitrogens with one attached hydrogen (secondary N) is 2. The summed E-state index contributed by atoms with van der Waals surface area (Å²) in [7, 11) is 0. The summed E-state index contributed by atoms with van der Waals surface area (Å²) in [5, 5.41) is 30.4. The van der Waals surface area contributed by atoms with Gasteiger partial charge in [0.1, 0.15) is 0 Å². The predicted molar refractivity (Wildman–Crippen MR) is 180 cm³/mol. The van der Waals surface area contributed by atoms with E-state index in [1.165, 1.54) is 12.1 Å². The highest BCUT2D eigenvalue weighted by molar-refractivity contribution is 6.38. The molecule has 0 saturated carbocycles. The Labute approximate surface area is 262 Å². The van der Waals surface area contributed by atoms with E-state index in [0.717, 1.165) is 11.1 Å². The molecule has 0 aromatic heterocycles. The molecule has 7 aromatic carbocycles. The molecule has 7 rings (SSSR count). The zero-order valence-electron chi connectivity index (χ0n) is 24.8. The number of carboxylic acids is 2. The van der Waals surface area contributed by atoms with Crippen LogP contribution in [0.5, 0.6) is 0 Å². The van der Waals surface area contributed by atoms with E-state index in [2.05, 4.69) is 10.6 Å². The van der Waals surface area contributed by atoms with E-state index in [9.17, 15) is 29.4 Å². The van der Waals surface area contributed by atoms with Crippen LogP contribution < -0.4 is 10.6 Å². The van der Waals surface area contributed by atoms with Gasteiger partial charge in [-0.2, -0.15) is 0 Å². The molecular formula is C38H26N2O6. The molecule has 0 saturated heterocycles. The Morgan fingerprint density at radius 2 is 0.717 bits per heavy atom. The summed E-state index contributed by atoms with van der Waals surface area (Å²) in [5.41, 5.74) is 3.51. The van der Waals surface area contributed by atoms with Crippen molar-refractivity contribution in [3.8, 4) is 0 Å². The zero-order valence-corrected chi connectivity index (χ0v) is 24.8. The van der Waals surface area contributed by atoms with Crippen molar-refractivity contribution in [1.82, 2.24) is 0 Å². The van der Waals surface area contributed by atoms with E-state index < -0.39 is 23.8 Å². The van der Waals surface area contributed by atoms with E-state index >= 15 is 0 Å². The SMILES string of the molecule is Cc1ccc(NC(=O)c2ccc3c4ccc(C(=O)O)c5c(C(=O)Nc6ccc(C)cc6)ccc(c6ccc(C(=O)O)c2c63)c54)cc1. The molecule has 0 aliphatic carbocycles. The van der Waals surface area contributed by atoms with Crippen LogP contribution in [0.15, 0.2) is 97.1 Å². The number of rotatable bonds is 6. The van der Waals surface area contributed by atoms with Crippen molar-refractivity contribution >= 4 is 78.2 Å². The summed E-state index contributed by atoms with van der Waals surface area (Å²) in [5.74, 6) is -3.30. The number of aromatic carboxylic acids is 2. The molecule has 0 heterocycles. The molecule has 0 spiro atoms. The lowest BCUT2D eigenvalue weighted by molar-refractivity contribution is 0.0688. The number of fused-ring (bicyclic) bond motifs is 2. The minimum atomic E-state index is -1.19. The van der Waals surface area contributed by atoms with Gasteiger partial charge in [-0.1, -0.05) is 59.7 Å². The molecule has 0 aliphatic rings. The van der Waals surface area contributed by atoms with Crippen molar-refractivity contribution in [2.24, 2.45) is 0 Å². The van der Waals surface area contributed by atoms with Crippen LogP contribution >= 0.6 is 0 Å². The Morgan fingerprint density at radius 3 is 1.02 bits per heavy atom. The molecule has 0 aliphatic heterocycles. The van der Waals surface area contributed by atoms with Crippen molar-refractivity contribution in [1.29, 1.82) is 0 Å². The fourth-order valence-electron chi connectivity index (χ4n) is 6.29. The summed E-state index contributed by atoms with van der Waals surface area (Å²) in [6.45, 7) is 3.88. The summed E-state index contributed by atoms with van der Waals surface area (Å²) in [6.07, 6.45) is 0. The minimum Gasteiger partial charge on any atom is -0.478 e. The molecule has 8 nitrogen and oxygen atoms in total. The number of carbonyl (C=O) groups excluding carboxylic acids is 2. The van der Waals surface area contributed by atoms with Crippen LogP contribution in [0.2, 0.25) is 0 Å². The quantitative estimate of drug-likeness (QED) is 0.111. The van der Waals surface area contributed by atoms with Gasteiger partial charge in [-0.3, -0.25) is 9.59 Å². The molecule has 0 unspecified atom stereocenters. The van der Waals surface area contributed by atoms with E-state index in [1.807, 2.05) is 38.1 Å². The summed E-state index contributed by atoms with van der Waals surface area (Å²) < 4.78 is 0. The van der Waals surface area contributed by atoms with Crippen LogP contribution in [-0.2, 0) is 0 Å². The number of amides is 2. The van der Waals surface area contributed by atoms with Crippen LogP contribution in [0.3, 0.4) is 0 Å². The van der Waals surface area contributed by atoms with Gasteiger partial charge in [-0.25, -0.2) is 9.59 Å². The third-order valence-corrected chi connectivity index (χ3v) is 8.47. The molecule has 0 bridgehead atoms. The van der Waals surface area contributed by atoms with Crippen LogP contribution in [0, 0.1) is 13.8 Å². The maximum absolute atomic E-state index is 13.6. The Bertz CT molecular complexity index is 2220. The van der Waals surface area contributed by atoms with E-state index in [4.69, 9.17) is 0 Å². The second-order valence-electron chi connectivity index (χ2n) is 11.4. The minimum absolute atomic E-state index is 0.0365. The van der Waals surface area contributed by atoms with E-state index in [0.29, 0.717) is 43.7 Å². The van der Waals surface area contributed by atoms with Gasteiger partial charge < -0.3 is 20.8 Å². The van der Waals surface area contributed by atoms with Crippen molar-refractivity contribution in [2.45, 2.75) is 13.8 Å². The lowest BCUT2D eigenvalue weighted by Gasteiger charge is -2.20. The maximum Gasteiger partial charge on any atom is 0.336 e. The highest BCUT2D eigenvalue weighted by Gasteiger charge is 2.26. The largest absolute Gasteiger partial charge is 0.478 e. The fourth-order valence-corrected chi connectivity index (χ4v) is 6.29. The number of aryl methyl sites for hydroxylation is 2. The van der Waals surface area contributed by atoms with Crippen molar-refractivity contribution in [3.63, 3.8) is 0 Å². The average Bonchev–Trinajstić information content (AvgIpc) is 3.04. The smallest absolute Gasteiger partial charge is 0.336 e. The number of hydrogen-bond donors (Lipinski definition) is 4. The van der Waals surface area contributed by atoms with Gasteiger partial charge in [-0.15, -0.1) is 0 Å². The van der Waals surface area contributed by atoms with Crippen LogP contribution in [0.1, 0.15) is 52.6 Å². The first-order valence-electron chi connectivity index (χ1n) is 14.5. The molecular weight excluding hydrogens is 580 g/mol. The molecule has 2 amide bonds. The normalized spacial score (nSPS) is 11.3. The van der Waals surface area contributed by atoms with Crippen molar-refractivity contribution < 1.29 is 29.4 Å². The van der Waals surface area contributed by atoms with Gasteiger partial charge in [0, 0.05) is 33.3 Å². The highest BCUT2D eigenvalue weighted by atomic mass is 16.4. The highest BCUT2D eigenvalue weighted by Crippen LogP contribution is 2.44. The van der Waals surface area contributed by atoms with Gasteiger partial charge in [-0.05, 0) is 94.7 Å². The summed E-state index contributed by atoms with van der Waals surface area (Å²) in [4.78, 5) is 52.3. The number of benzene rings is 7. The Kier molecular flexibility index (Phi) is 6.63. The first-order chi connectivity index (χ1) is 22.1. The third-order valence-electron chi connectivity index (χ3n) is 8.47. The number of anilines is 2. The fraction of sp³-hybridized carbons (Fsp3) is 0.0526. The van der Waals surface area contributed by atoms with Gasteiger partial charge in [0.2, 0.25) is 0 Å². The standard InChI is InChI=1S/C38H26N2O6/c1-19-3-7-21(8-4-19)39-35(41)27-15-11-23-26-14-18-30(38(45)46)34-28(36(42)40-22-9-5-20(2)6-10-22)16-12-24(32(26)34)25-13-17-29(37(43)44)33(27)31(23)25/h3-18H,1-2H3,(H,39,41)(H,40,42)(H,43,44)(H,45,46). The Morgan fingerprint density at radius 1 is 0.413 bits per heavy atom. The molecule has 0 fully saturated rings. The molecule has 0 atom stereocenters. The molecule has 224 valence electrons. The third kappa shape index (κ3) is 4.55. The predicted octanol–water partition coefficient (Wildman–Crippen LogP) is 8.26.